The van der Waals surface area contributed by atoms with Gasteiger partial charge in [0.1, 0.15) is 0 Å². The summed E-state index contributed by atoms with van der Waals surface area (Å²) in [5.41, 5.74) is 1.90. The molecule has 1 aromatic heterocycles. The lowest BCUT2D eigenvalue weighted by molar-refractivity contribution is -0.133. The summed E-state index contributed by atoms with van der Waals surface area (Å²) in [6.45, 7) is 2.19. The molecule has 112 valence electrons. The second-order valence-electron chi connectivity index (χ2n) is 5.43. The van der Waals surface area contributed by atoms with E-state index in [4.69, 9.17) is 16.7 Å². The van der Waals surface area contributed by atoms with E-state index in [1.54, 1.807) is 0 Å². The number of carbonyl (C=O) groups is 1. The monoisotopic (exact) mass is 324 g/mol. The van der Waals surface area contributed by atoms with Crippen LogP contribution >= 0.6 is 23.4 Å². The molecular weight excluding hydrogens is 308 g/mol. The van der Waals surface area contributed by atoms with Gasteiger partial charge in [-0.25, -0.2) is 4.98 Å². The summed E-state index contributed by atoms with van der Waals surface area (Å²) < 4.78 is 2.19. The van der Waals surface area contributed by atoms with Crippen LogP contribution in [0.2, 0.25) is 5.02 Å². The summed E-state index contributed by atoms with van der Waals surface area (Å²) in [4.78, 5) is 15.4. The summed E-state index contributed by atoms with van der Waals surface area (Å²) in [5, 5.41) is 10.4. The SMILES string of the molecule is CCCC1CC1n1c(SCC(=O)O)nc2ccc(Cl)cc21. The van der Waals surface area contributed by atoms with Crippen molar-refractivity contribution in [1.82, 2.24) is 9.55 Å². The molecule has 3 rings (SSSR count). The molecule has 1 heterocycles. The van der Waals surface area contributed by atoms with Gasteiger partial charge in [-0.2, -0.15) is 0 Å². The molecule has 1 aromatic carbocycles. The predicted molar refractivity (Wildman–Crippen MR) is 85.2 cm³/mol. The largest absolute Gasteiger partial charge is 0.481 e. The fourth-order valence-corrected chi connectivity index (χ4v) is 3.78. The van der Waals surface area contributed by atoms with Crippen molar-refractivity contribution >= 4 is 40.4 Å². The molecule has 2 aromatic rings. The Morgan fingerprint density at radius 3 is 3.10 bits per heavy atom. The van der Waals surface area contributed by atoms with Crippen LogP contribution in [0.4, 0.5) is 0 Å². The van der Waals surface area contributed by atoms with Crippen molar-refractivity contribution in [3.63, 3.8) is 0 Å². The number of carboxylic acid groups (broad SMARTS) is 1. The average molecular weight is 325 g/mol. The number of rotatable bonds is 6. The lowest BCUT2D eigenvalue weighted by Gasteiger charge is -2.08. The maximum Gasteiger partial charge on any atom is 0.313 e. The molecule has 0 saturated heterocycles. The minimum atomic E-state index is -0.822. The molecule has 2 unspecified atom stereocenters. The van der Waals surface area contributed by atoms with Crippen LogP contribution in [-0.4, -0.2) is 26.4 Å². The van der Waals surface area contributed by atoms with Crippen LogP contribution < -0.4 is 0 Å². The quantitative estimate of drug-likeness (QED) is 0.808. The Morgan fingerprint density at radius 2 is 2.38 bits per heavy atom. The van der Waals surface area contributed by atoms with Crippen LogP contribution in [0.5, 0.6) is 0 Å². The van der Waals surface area contributed by atoms with E-state index in [0.29, 0.717) is 17.0 Å². The van der Waals surface area contributed by atoms with Crippen LogP contribution in [0.3, 0.4) is 0 Å². The first-order valence-electron chi connectivity index (χ1n) is 7.12. The summed E-state index contributed by atoms with van der Waals surface area (Å²) >= 11 is 7.39. The number of benzene rings is 1. The van der Waals surface area contributed by atoms with Crippen LogP contribution in [-0.2, 0) is 4.79 Å². The van der Waals surface area contributed by atoms with Gasteiger partial charge < -0.3 is 9.67 Å². The van der Waals surface area contributed by atoms with Crippen molar-refractivity contribution in [3.8, 4) is 0 Å². The summed E-state index contributed by atoms with van der Waals surface area (Å²) in [7, 11) is 0. The smallest absolute Gasteiger partial charge is 0.313 e. The third-order valence-corrected chi connectivity index (χ3v) is 4.99. The number of fused-ring (bicyclic) bond motifs is 1. The minimum absolute atomic E-state index is 0.0300. The number of aliphatic carboxylic acids is 1. The highest BCUT2D eigenvalue weighted by Crippen LogP contribution is 2.49. The van der Waals surface area contributed by atoms with Crippen molar-refractivity contribution in [3.05, 3.63) is 23.2 Å². The third kappa shape index (κ3) is 3.04. The zero-order valence-corrected chi connectivity index (χ0v) is 13.3. The number of hydrogen-bond acceptors (Lipinski definition) is 3. The lowest BCUT2D eigenvalue weighted by Crippen LogP contribution is -2.03. The molecule has 21 heavy (non-hydrogen) atoms. The van der Waals surface area contributed by atoms with E-state index in [-0.39, 0.29) is 5.75 Å². The van der Waals surface area contributed by atoms with Crippen molar-refractivity contribution < 1.29 is 9.90 Å². The molecule has 1 aliphatic rings. The van der Waals surface area contributed by atoms with E-state index in [1.165, 1.54) is 24.6 Å². The fourth-order valence-electron chi connectivity index (χ4n) is 2.82. The van der Waals surface area contributed by atoms with E-state index in [0.717, 1.165) is 22.6 Å². The van der Waals surface area contributed by atoms with Gasteiger partial charge in [0.15, 0.2) is 5.16 Å². The Bertz CT molecular complexity index is 686. The maximum atomic E-state index is 10.8. The van der Waals surface area contributed by atoms with E-state index in [2.05, 4.69) is 16.5 Å². The van der Waals surface area contributed by atoms with E-state index >= 15 is 0 Å². The number of imidazole rings is 1. The van der Waals surface area contributed by atoms with Gasteiger partial charge >= 0.3 is 5.97 Å². The number of halogens is 1. The van der Waals surface area contributed by atoms with Gasteiger partial charge in [-0.3, -0.25) is 4.79 Å². The molecule has 1 saturated carbocycles. The van der Waals surface area contributed by atoms with E-state index < -0.39 is 5.97 Å². The molecule has 2 atom stereocenters. The molecule has 0 bridgehead atoms. The fraction of sp³-hybridized carbons (Fsp3) is 0.467. The summed E-state index contributed by atoms with van der Waals surface area (Å²) in [6, 6.07) is 6.08. The Labute approximate surface area is 132 Å². The van der Waals surface area contributed by atoms with Gasteiger partial charge in [-0.05, 0) is 37.0 Å². The first-order chi connectivity index (χ1) is 10.1. The lowest BCUT2D eigenvalue weighted by atomic mass is 10.2. The van der Waals surface area contributed by atoms with Crippen LogP contribution in [0.15, 0.2) is 23.4 Å². The molecule has 1 N–H and O–H groups in total. The van der Waals surface area contributed by atoms with Crippen molar-refractivity contribution in [2.75, 3.05) is 5.75 Å². The standard InChI is InChI=1S/C15H17ClN2O2S/c1-2-3-9-6-12(9)18-13-7-10(16)4-5-11(13)17-15(18)21-8-14(19)20/h4-5,7,9,12H,2-3,6,8H2,1H3,(H,19,20). The van der Waals surface area contributed by atoms with Gasteiger partial charge in [0.05, 0.1) is 16.8 Å². The predicted octanol–water partition coefficient (Wildman–Crippen LogP) is 4.23. The van der Waals surface area contributed by atoms with Gasteiger partial charge in [0.2, 0.25) is 0 Å². The van der Waals surface area contributed by atoms with Gasteiger partial charge in [-0.1, -0.05) is 36.7 Å². The highest BCUT2D eigenvalue weighted by molar-refractivity contribution is 7.99. The number of nitrogens with zero attached hydrogens (tertiary/aromatic N) is 2. The highest BCUT2D eigenvalue weighted by atomic mass is 35.5. The Hall–Kier alpha value is -1.20. The van der Waals surface area contributed by atoms with Gasteiger partial charge in [0, 0.05) is 11.1 Å². The Balaban J connectivity index is 1.98. The summed E-state index contributed by atoms with van der Waals surface area (Å²) in [6.07, 6.45) is 3.52. The van der Waals surface area contributed by atoms with Gasteiger partial charge in [0.25, 0.3) is 0 Å². The zero-order chi connectivity index (χ0) is 15.0. The Kier molecular flexibility index (Phi) is 4.13. The normalized spacial score (nSPS) is 20.9. The molecule has 0 aliphatic heterocycles. The van der Waals surface area contributed by atoms with Crippen LogP contribution in [0.1, 0.15) is 32.2 Å². The van der Waals surface area contributed by atoms with Crippen LogP contribution in [0.25, 0.3) is 11.0 Å². The molecule has 6 heteroatoms. The van der Waals surface area contributed by atoms with E-state index in [1.807, 2.05) is 18.2 Å². The molecule has 0 radical (unpaired) electrons. The number of thioether (sulfide) groups is 1. The molecule has 4 nitrogen and oxygen atoms in total. The molecule has 0 amide bonds. The van der Waals surface area contributed by atoms with Crippen molar-refractivity contribution in [1.29, 1.82) is 0 Å². The zero-order valence-electron chi connectivity index (χ0n) is 11.8. The van der Waals surface area contributed by atoms with Gasteiger partial charge in [-0.15, -0.1) is 0 Å². The first kappa shape index (κ1) is 14.7. The minimum Gasteiger partial charge on any atom is -0.481 e. The molecule has 1 aliphatic carbocycles. The molecule has 1 fully saturated rings. The second kappa shape index (κ2) is 5.89. The highest BCUT2D eigenvalue weighted by Gasteiger charge is 2.40. The van der Waals surface area contributed by atoms with Crippen LogP contribution in [0, 0.1) is 5.92 Å². The molecular formula is C15H17ClN2O2S. The maximum absolute atomic E-state index is 10.8. The Morgan fingerprint density at radius 1 is 1.57 bits per heavy atom. The second-order valence-corrected chi connectivity index (χ2v) is 6.81. The average Bonchev–Trinajstić information content (AvgIpc) is 3.09. The van der Waals surface area contributed by atoms with Crippen molar-refractivity contribution in [2.45, 2.75) is 37.4 Å². The van der Waals surface area contributed by atoms with Crippen molar-refractivity contribution in [2.24, 2.45) is 5.92 Å². The number of aromatic nitrogens is 2. The first-order valence-corrected chi connectivity index (χ1v) is 8.48. The summed E-state index contributed by atoms with van der Waals surface area (Å²) in [5.74, 6) is -0.115. The van der Waals surface area contributed by atoms with E-state index in [9.17, 15) is 4.79 Å². The topological polar surface area (TPSA) is 55.1 Å². The molecule has 0 spiro atoms. The number of hydrogen-bond donors (Lipinski definition) is 1. The third-order valence-electron chi connectivity index (χ3n) is 3.82. The number of carboxylic acids is 1.